The van der Waals surface area contributed by atoms with E-state index in [1.807, 2.05) is 66.9 Å². The van der Waals surface area contributed by atoms with E-state index in [2.05, 4.69) is 15.5 Å². The molecule has 32 heavy (non-hydrogen) atoms. The van der Waals surface area contributed by atoms with Gasteiger partial charge in [0.1, 0.15) is 5.75 Å². The Balaban J connectivity index is 1.57. The van der Waals surface area contributed by atoms with E-state index >= 15 is 0 Å². The van der Waals surface area contributed by atoms with Crippen LogP contribution in [0, 0.1) is 0 Å². The van der Waals surface area contributed by atoms with Gasteiger partial charge in [-0.2, -0.15) is 0 Å². The molecule has 1 amide bonds. The highest BCUT2D eigenvalue weighted by atomic mass is 32.2. The molecule has 0 aliphatic rings. The zero-order valence-corrected chi connectivity index (χ0v) is 19.5. The van der Waals surface area contributed by atoms with E-state index in [-0.39, 0.29) is 17.8 Å². The molecule has 3 aromatic rings. The molecular weight excluding hydrogens is 428 g/mol. The predicted octanol–water partition coefficient (Wildman–Crippen LogP) is 3.86. The van der Waals surface area contributed by atoms with E-state index in [0.29, 0.717) is 35.6 Å². The smallest absolute Gasteiger partial charge is 0.230 e. The molecule has 0 aliphatic heterocycles. The van der Waals surface area contributed by atoms with Crippen molar-refractivity contribution in [2.45, 2.75) is 38.2 Å². The first-order valence-corrected chi connectivity index (χ1v) is 11.3. The SMILES string of the molecule is CCn1c(SCC(=O)NCc2ccc(OC)cc2)nnc1C(C)Oc1ccccc1OC. The second-order valence-electron chi connectivity index (χ2n) is 6.91. The van der Waals surface area contributed by atoms with E-state index in [1.165, 1.54) is 11.8 Å². The lowest BCUT2D eigenvalue weighted by atomic mass is 10.2. The Hall–Kier alpha value is -3.20. The second kappa shape index (κ2) is 11.4. The third-order valence-corrected chi connectivity index (χ3v) is 5.75. The highest BCUT2D eigenvalue weighted by Crippen LogP contribution is 2.31. The Labute approximate surface area is 192 Å². The molecule has 0 aliphatic carbocycles. The van der Waals surface area contributed by atoms with Crippen molar-refractivity contribution in [3.8, 4) is 17.2 Å². The van der Waals surface area contributed by atoms with Crippen molar-refractivity contribution in [1.82, 2.24) is 20.1 Å². The van der Waals surface area contributed by atoms with Crippen LogP contribution in [0.2, 0.25) is 0 Å². The summed E-state index contributed by atoms with van der Waals surface area (Å²) in [7, 11) is 3.23. The third-order valence-electron chi connectivity index (χ3n) is 4.78. The van der Waals surface area contributed by atoms with E-state index in [9.17, 15) is 4.79 Å². The molecule has 1 heterocycles. The zero-order valence-electron chi connectivity index (χ0n) is 18.7. The number of hydrogen-bond donors (Lipinski definition) is 1. The Kier molecular flexibility index (Phi) is 8.38. The molecule has 170 valence electrons. The van der Waals surface area contributed by atoms with Gasteiger partial charge in [-0.25, -0.2) is 0 Å². The lowest BCUT2D eigenvalue weighted by Crippen LogP contribution is -2.24. The minimum absolute atomic E-state index is 0.0728. The first kappa shape index (κ1) is 23.5. The van der Waals surface area contributed by atoms with Gasteiger partial charge in [-0.1, -0.05) is 36.0 Å². The molecule has 0 bridgehead atoms. The zero-order chi connectivity index (χ0) is 22.9. The fourth-order valence-corrected chi connectivity index (χ4v) is 3.93. The van der Waals surface area contributed by atoms with Gasteiger partial charge in [0.15, 0.2) is 28.6 Å². The van der Waals surface area contributed by atoms with E-state index < -0.39 is 0 Å². The van der Waals surface area contributed by atoms with Crippen LogP contribution in [0.5, 0.6) is 17.2 Å². The molecule has 0 radical (unpaired) electrons. The summed E-state index contributed by atoms with van der Waals surface area (Å²) in [5.41, 5.74) is 1.01. The van der Waals surface area contributed by atoms with Crippen LogP contribution in [0.15, 0.2) is 53.7 Å². The molecule has 3 rings (SSSR count). The number of methoxy groups -OCH3 is 2. The maximum Gasteiger partial charge on any atom is 0.230 e. The van der Waals surface area contributed by atoms with Gasteiger partial charge in [0.25, 0.3) is 0 Å². The average Bonchev–Trinajstić information content (AvgIpc) is 3.25. The number of nitrogens with one attached hydrogen (secondary N) is 1. The van der Waals surface area contributed by atoms with Crippen LogP contribution < -0.4 is 19.5 Å². The molecular formula is C23H28N4O4S. The highest BCUT2D eigenvalue weighted by molar-refractivity contribution is 7.99. The average molecular weight is 457 g/mol. The quantitative estimate of drug-likeness (QED) is 0.438. The van der Waals surface area contributed by atoms with Crippen LogP contribution in [-0.4, -0.2) is 40.6 Å². The molecule has 9 heteroatoms. The fourth-order valence-electron chi connectivity index (χ4n) is 3.09. The lowest BCUT2D eigenvalue weighted by molar-refractivity contribution is -0.118. The maximum atomic E-state index is 12.3. The van der Waals surface area contributed by atoms with Crippen molar-refractivity contribution in [3.05, 3.63) is 59.9 Å². The van der Waals surface area contributed by atoms with Crippen molar-refractivity contribution in [2.24, 2.45) is 0 Å². The second-order valence-corrected chi connectivity index (χ2v) is 7.85. The minimum atomic E-state index is -0.336. The van der Waals surface area contributed by atoms with E-state index in [4.69, 9.17) is 14.2 Å². The molecule has 1 N–H and O–H groups in total. The van der Waals surface area contributed by atoms with Crippen LogP contribution in [0.3, 0.4) is 0 Å². The Bertz CT molecular complexity index is 1020. The number of carbonyl (C=O) groups excluding carboxylic acids is 1. The number of ether oxygens (including phenoxy) is 3. The number of rotatable bonds is 11. The summed E-state index contributed by atoms with van der Waals surface area (Å²) in [5, 5.41) is 12.2. The summed E-state index contributed by atoms with van der Waals surface area (Å²) in [6.45, 7) is 5.05. The number of hydrogen-bond acceptors (Lipinski definition) is 7. The number of para-hydroxylation sites is 2. The molecule has 1 aromatic heterocycles. The standard InChI is InChI=1S/C23H28N4O4S/c1-5-27-22(16(2)31-20-9-7-6-8-19(20)30-4)25-26-23(27)32-15-21(28)24-14-17-10-12-18(29-3)13-11-17/h6-13,16H,5,14-15H2,1-4H3,(H,24,28). The monoisotopic (exact) mass is 456 g/mol. The number of thioether (sulfide) groups is 1. The van der Waals surface area contributed by atoms with Crippen LogP contribution in [0.4, 0.5) is 0 Å². The molecule has 0 fully saturated rings. The number of benzene rings is 2. The summed E-state index contributed by atoms with van der Waals surface area (Å²) in [5.74, 6) is 2.95. The van der Waals surface area contributed by atoms with Gasteiger partial charge in [0.2, 0.25) is 5.91 Å². The molecule has 1 unspecified atom stereocenters. The lowest BCUT2D eigenvalue weighted by Gasteiger charge is -2.17. The molecule has 8 nitrogen and oxygen atoms in total. The summed E-state index contributed by atoms with van der Waals surface area (Å²) in [6, 6.07) is 15.1. The van der Waals surface area contributed by atoms with Gasteiger partial charge in [-0.05, 0) is 43.7 Å². The van der Waals surface area contributed by atoms with Gasteiger partial charge in [-0.15, -0.1) is 10.2 Å². The van der Waals surface area contributed by atoms with Crippen LogP contribution >= 0.6 is 11.8 Å². The number of amides is 1. The van der Waals surface area contributed by atoms with E-state index in [1.54, 1.807) is 14.2 Å². The van der Waals surface area contributed by atoms with Gasteiger partial charge in [0, 0.05) is 13.1 Å². The van der Waals surface area contributed by atoms with Crippen molar-refractivity contribution in [2.75, 3.05) is 20.0 Å². The maximum absolute atomic E-state index is 12.3. The van der Waals surface area contributed by atoms with Crippen molar-refractivity contribution < 1.29 is 19.0 Å². The first-order valence-electron chi connectivity index (χ1n) is 10.3. The van der Waals surface area contributed by atoms with Crippen molar-refractivity contribution >= 4 is 17.7 Å². The van der Waals surface area contributed by atoms with E-state index in [0.717, 1.165) is 11.3 Å². The summed E-state index contributed by atoms with van der Waals surface area (Å²) in [4.78, 5) is 12.3. The summed E-state index contributed by atoms with van der Waals surface area (Å²) < 4.78 is 18.5. The molecule has 2 aromatic carbocycles. The summed E-state index contributed by atoms with van der Waals surface area (Å²) >= 11 is 1.35. The van der Waals surface area contributed by atoms with Gasteiger partial charge in [-0.3, -0.25) is 4.79 Å². The minimum Gasteiger partial charge on any atom is -0.497 e. The Morgan fingerprint density at radius 1 is 1.06 bits per heavy atom. The predicted molar refractivity (Wildman–Crippen MR) is 123 cm³/mol. The normalized spacial score (nSPS) is 11.6. The Morgan fingerprint density at radius 3 is 2.44 bits per heavy atom. The molecule has 0 saturated heterocycles. The number of nitrogens with zero attached hydrogens (tertiary/aromatic N) is 3. The molecule has 0 spiro atoms. The Morgan fingerprint density at radius 2 is 1.78 bits per heavy atom. The summed E-state index contributed by atoms with van der Waals surface area (Å²) in [6.07, 6.45) is -0.336. The molecule has 1 atom stereocenters. The topological polar surface area (TPSA) is 87.5 Å². The van der Waals surface area contributed by atoms with Crippen LogP contribution in [0.1, 0.15) is 31.3 Å². The van der Waals surface area contributed by atoms with Gasteiger partial charge < -0.3 is 24.1 Å². The van der Waals surface area contributed by atoms with Gasteiger partial charge in [0.05, 0.1) is 20.0 Å². The highest BCUT2D eigenvalue weighted by Gasteiger charge is 2.20. The first-order chi connectivity index (χ1) is 15.5. The van der Waals surface area contributed by atoms with Crippen molar-refractivity contribution in [1.29, 1.82) is 0 Å². The van der Waals surface area contributed by atoms with Crippen molar-refractivity contribution in [3.63, 3.8) is 0 Å². The number of carbonyl (C=O) groups is 1. The largest absolute Gasteiger partial charge is 0.497 e. The van der Waals surface area contributed by atoms with Crippen LogP contribution in [0.25, 0.3) is 0 Å². The van der Waals surface area contributed by atoms with Gasteiger partial charge >= 0.3 is 0 Å². The molecule has 0 saturated carbocycles. The number of aromatic nitrogens is 3. The van der Waals surface area contributed by atoms with Crippen LogP contribution in [-0.2, 0) is 17.9 Å². The third kappa shape index (κ3) is 5.94. The fraction of sp³-hybridized carbons (Fsp3) is 0.348.